The molecule has 2 heterocycles. The van der Waals surface area contributed by atoms with Crippen molar-refractivity contribution in [3.05, 3.63) is 47.8 Å². The Morgan fingerprint density at radius 2 is 1.96 bits per heavy atom. The van der Waals surface area contributed by atoms with Crippen LogP contribution in [0.3, 0.4) is 0 Å². The first kappa shape index (κ1) is 18.0. The van der Waals surface area contributed by atoms with Gasteiger partial charge in [-0.2, -0.15) is 0 Å². The lowest BCUT2D eigenvalue weighted by molar-refractivity contribution is 0.0158. The quantitative estimate of drug-likeness (QED) is 0.840. The van der Waals surface area contributed by atoms with E-state index in [9.17, 15) is 0 Å². The van der Waals surface area contributed by atoms with Crippen LogP contribution in [-0.4, -0.2) is 53.8 Å². The van der Waals surface area contributed by atoms with Crippen LogP contribution in [0.15, 0.2) is 36.7 Å². The zero-order valence-electron chi connectivity index (χ0n) is 15.2. The number of hydrogen-bond donors (Lipinski definition) is 1. The van der Waals surface area contributed by atoms with Crippen molar-refractivity contribution in [1.82, 2.24) is 20.2 Å². The van der Waals surface area contributed by atoms with Gasteiger partial charge in [-0.1, -0.05) is 30.7 Å². The zero-order chi connectivity index (χ0) is 17.5. The van der Waals surface area contributed by atoms with Crippen molar-refractivity contribution in [1.29, 1.82) is 0 Å². The Morgan fingerprint density at radius 3 is 2.64 bits per heavy atom. The van der Waals surface area contributed by atoms with Crippen molar-refractivity contribution in [3.63, 3.8) is 0 Å². The maximum atomic E-state index is 5.44. The molecule has 0 spiro atoms. The van der Waals surface area contributed by atoms with Gasteiger partial charge in [0.2, 0.25) is 0 Å². The molecule has 1 aromatic carbocycles. The summed E-state index contributed by atoms with van der Waals surface area (Å²) >= 11 is 0. The monoisotopic (exact) mass is 340 g/mol. The van der Waals surface area contributed by atoms with Gasteiger partial charge in [-0.25, -0.2) is 9.97 Å². The van der Waals surface area contributed by atoms with Gasteiger partial charge in [-0.05, 0) is 19.4 Å². The Morgan fingerprint density at radius 1 is 1.20 bits per heavy atom. The number of ether oxygens (including phenoxy) is 1. The molecule has 1 N–H and O–H groups in total. The summed E-state index contributed by atoms with van der Waals surface area (Å²) in [4.78, 5) is 11.6. The van der Waals surface area contributed by atoms with E-state index in [1.807, 2.05) is 18.5 Å². The summed E-state index contributed by atoms with van der Waals surface area (Å²) in [5.74, 6) is 0.784. The van der Waals surface area contributed by atoms with E-state index in [-0.39, 0.29) is 0 Å². The molecule has 1 fully saturated rings. The molecule has 2 aromatic rings. The van der Waals surface area contributed by atoms with E-state index < -0.39 is 0 Å². The summed E-state index contributed by atoms with van der Waals surface area (Å²) < 4.78 is 5.44. The number of rotatable bonds is 7. The van der Waals surface area contributed by atoms with Crippen molar-refractivity contribution in [2.75, 3.05) is 32.8 Å². The van der Waals surface area contributed by atoms with Crippen molar-refractivity contribution < 1.29 is 4.74 Å². The van der Waals surface area contributed by atoms with Gasteiger partial charge in [0, 0.05) is 55.7 Å². The number of hydrogen-bond acceptors (Lipinski definition) is 5. The normalized spacial score (nSPS) is 16.7. The third-order valence-electron chi connectivity index (χ3n) is 4.72. The summed E-state index contributed by atoms with van der Waals surface area (Å²) in [6, 6.07) is 8.85. The summed E-state index contributed by atoms with van der Waals surface area (Å²) in [7, 11) is 0. The first-order chi connectivity index (χ1) is 12.3. The molecule has 5 nitrogen and oxygen atoms in total. The second-order valence-corrected chi connectivity index (χ2v) is 6.63. The Bertz CT molecular complexity index is 653. The van der Waals surface area contributed by atoms with Crippen molar-refractivity contribution in [3.8, 4) is 11.4 Å². The second kappa shape index (κ2) is 9.04. The number of nitrogens with zero attached hydrogens (tertiary/aromatic N) is 3. The molecule has 0 unspecified atom stereocenters. The third-order valence-corrected chi connectivity index (χ3v) is 4.72. The summed E-state index contributed by atoms with van der Waals surface area (Å²) in [5.41, 5.74) is 3.41. The number of aromatic nitrogens is 2. The predicted molar refractivity (Wildman–Crippen MR) is 100 cm³/mol. The van der Waals surface area contributed by atoms with Crippen LogP contribution >= 0.6 is 0 Å². The summed E-state index contributed by atoms with van der Waals surface area (Å²) in [6.07, 6.45) is 5.00. The van der Waals surface area contributed by atoms with E-state index in [2.05, 4.69) is 52.2 Å². The van der Waals surface area contributed by atoms with Crippen LogP contribution in [0, 0.1) is 6.92 Å². The van der Waals surface area contributed by atoms with E-state index in [0.29, 0.717) is 6.04 Å². The van der Waals surface area contributed by atoms with E-state index in [0.717, 1.165) is 62.8 Å². The molecule has 3 rings (SSSR count). The molecule has 0 radical (unpaired) electrons. The van der Waals surface area contributed by atoms with Crippen molar-refractivity contribution in [2.24, 2.45) is 0 Å². The van der Waals surface area contributed by atoms with Gasteiger partial charge in [0.25, 0.3) is 0 Å². The average Bonchev–Trinajstić information content (AvgIpc) is 2.66. The van der Waals surface area contributed by atoms with Crippen LogP contribution in [0.1, 0.15) is 24.5 Å². The first-order valence-corrected chi connectivity index (χ1v) is 9.16. The molecule has 0 saturated carbocycles. The van der Waals surface area contributed by atoms with Crippen molar-refractivity contribution in [2.45, 2.75) is 32.9 Å². The molecule has 134 valence electrons. The summed E-state index contributed by atoms with van der Waals surface area (Å²) in [6.45, 7) is 9.89. The van der Waals surface area contributed by atoms with Crippen LogP contribution in [0.4, 0.5) is 0 Å². The predicted octanol–water partition coefficient (Wildman–Crippen LogP) is 2.65. The minimum Gasteiger partial charge on any atom is -0.379 e. The third kappa shape index (κ3) is 5.08. The highest BCUT2D eigenvalue weighted by molar-refractivity contribution is 5.55. The first-order valence-electron chi connectivity index (χ1n) is 9.16. The number of benzene rings is 1. The lowest BCUT2D eigenvalue weighted by Crippen LogP contribution is -2.47. The highest BCUT2D eigenvalue weighted by atomic mass is 16.5. The van der Waals surface area contributed by atoms with Gasteiger partial charge in [0.15, 0.2) is 5.82 Å². The van der Waals surface area contributed by atoms with Gasteiger partial charge in [0.05, 0.1) is 13.2 Å². The molecule has 1 aliphatic rings. The highest BCUT2D eigenvalue weighted by Gasteiger charge is 2.18. The standard InChI is InChI=1S/C20H28N4O/c1-3-19(24-7-9-25-10-8-24)15-21-12-17-13-22-20(23-14-17)18-6-4-5-16(2)11-18/h4-6,11,13-14,19,21H,3,7-10,12,15H2,1-2H3/t19-/m1/s1. The maximum Gasteiger partial charge on any atom is 0.159 e. The molecule has 1 saturated heterocycles. The number of morpholine rings is 1. The van der Waals surface area contributed by atoms with E-state index >= 15 is 0 Å². The fraction of sp³-hybridized carbons (Fsp3) is 0.500. The van der Waals surface area contributed by atoms with Crippen LogP contribution < -0.4 is 5.32 Å². The Labute approximate surface area is 150 Å². The van der Waals surface area contributed by atoms with Crippen molar-refractivity contribution >= 4 is 0 Å². The number of aryl methyl sites for hydroxylation is 1. The van der Waals surface area contributed by atoms with Gasteiger partial charge < -0.3 is 10.1 Å². The molecular formula is C20H28N4O. The fourth-order valence-electron chi connectivity index (χ4n) is 3.24. The molecule has 5 heteroatoms. The molecule has 0 amide bonds. The number of nitrogens with one attached hydrogen (secondary N) is 1. The largest absolute Gasteiger partial charge is 0.379 e. The lowest BCUT2D eigenvalue weighted by Gasteiger charge is -2.34. The molecular weight excluding hydrogens is 312 g/mol. The van der Waals surface area contributed by atoms with Crippen LogP contribution in [0.5, 0.6) is 0 Å². The minimum atomic E-state index is 0.566. The molecule has 0 aliphatic carbocycles. The molecule has 0 bridgehead atoms. The van der Waals surface area contributed by atoms with Gasteiger partial charge in [-0.15, -0.1) is 0 Å². The minimum absolute atomic E-state index is 0.566. The average molecular weight is 340 g/mol. The molecule has 1 aromatic heterocycles. The smallest absolute Gasteiger partial charge is 0.159 e. The lowest BCUT2D eigenvalue weighted by atomic mass is 10.1. The van der Waals surface area contributed by atoms with Gasteiger partial charge in [-0.3, -0.25) is 4.90 Å². The van der Waals surface area contributed by atoms with E-state index in [1.165, 1.54) is 5.56 Å². The van der Waals surface area contributed by atoms with E-state index in [1.54, 1.807) is 0 Å². The Balaban J connectivity index is 1.51. The Kier molecular flexibility index (Phi) is 6.50. The van der Waals surface area contributed by atoms with Crippen LogP contribution in [0.25, 0.3) is 11.4 Å². The maximum absolute atomic E-state index is 5.44. The Hall–Kier alpha value is -1.82. The topological polar surface area (TPSA) is 50.3 Å². The van der Waals surface area contributed by atoms with Crippen LogP contribution in [-0.2, 0) is 11.3 Å². The zero-order valence-corrected chi connectivity index (χ0v) is 15.2. The van der Waals surface area contributed by atoms with Gasteiger partial charge >= 0.3 is 0 Å². The van der Waals surface area contributed by atoms with Gasteiger partial charge in [0.1, 0.15) is 0 Å². The second-order valence-electron chi connectivity index (χ2n) is 6.63. The summed E-state index contributed by atoms with van der Waals surface area (Å²) in [5, 5.41) is 3.56. The SMILES string of the molecule is CC[C@H](CNCc1cnc(-c2cccc(C)c2)nc1)N1CCOCC1. The highest BCUT2D eigenvalue weighted by Crippen LogP contribution is 2.15. The molecule has 25 heavy (non-hydrogen) atoms. The van der Waals surface area contributed by atoms with Crippen LogP contribution in [0.2, 0.25) is 0 Å². The molecule has 1 atom stereocenters. The fourth-order valence-corrected chi connectivity index (χ4v) is 3.24. The van der Waals surface area contributed by atoms with E-state index in [4.69, 9.17) is 4.74 Å². The molecule has 1 aliphatic heterocycles.